The monoisotopic (exact) mass is 177 g/mol. The van der Waals surface area contributed by atoms with Gasteiger partial charge in [-0.25, -0.2) is 0 Å². The minimum Gasteiger partial charge on any atom is -0.489 e. The van der Waals surface area contributed by atoms with Crippen LogP contribution in [-0.2, 0) is 0 Å². The highest BCUT2D eigenvalue weighted by Crippen LogP contribution is 2.32. The summed E-state index contributed by atoms with van der Waals surface area (Å²) in [6.45, 7) is 5.03. The summed E-state index contributed by atoms with van der Waals surface area (Å²) in [6, 6.07) is 6.67. The van der Waals surface area contributed by atoms with Gasteiger partial charge in [-0.2, -0.15) is 0 Å². The summed E-state index contributed by atoms with van der Waals surface area (Å²) in [5.41, 5.74) is 2.35. The summed E-state index contributed by atoms with van der Waals surface area (Å²) in [6.07, 6.45) is 1.10. The van der Waals surface area contributed by atoms with E-state index in [2.05, 4.69) is 37.4 Å². The first-order valence-electron chi connectivity index (χ1n) is 4.80. The largest absolute Gasteiger partial charge is 0.489 e. The molecule has 1 heterocycles. The van der Waals surface area contributed by atoms with Gasteiger partial charge in [0.15, 0.2) is 0 Å². The minimum absolute atomic E-state index is 0.467. The molecule has 0 bridgehead atoms. The number of benzene rings is 1. The molecule has 1 unspecified atom stereocenters. The van der Waals surface area contributed by atoms with Crippen LogP contribution in [0.15, 0.2) is 18.2 Å². The Hall–Kier alpha value is -1.18. The van der Waals surface area contributed by atoms with E-state index in [-0.39, 0.29) is 0 Å². The zero-order valence-corrected chi connectivity index (χ0v) is 8.13. The molecule has 1 aliphatic rings. The van der Waals surface area contributed by atoms with E-state index in [1.165, 1.54) is 5.56 Å². The van der Waals surface area contributed by atoms with Gasteiger partial charge < -0.3 is 10.1 Å². The third-order valence-corrected chi connectivity index (χ3v) is 2.49. The summed E-state index contributed by atoms with van der Waals surface area (Å²) in [5.74, 6) is 1.02. The van der Waals surface area contributed by atoms with Crippen molar-refractivity contribution in [1.82, 2.24) is 0 Å². The lowest BCUT2D eigenvalue weighted by molar-refractivity contribution is 0.280. The van der Waals surface area contributed by atoms with Crippen LogP contribution < -0.4 is 10.1 Å². The highest BCUT2D eigenvalue weighted by Gasteiger charge is 2.17. The van der Waals surface area contributed by atoms with Gasteiger partial charge in [-0.05, 0) is 25.0 Å². The molecule has 1 aliphatic heterocycles. The van der Waals surface area contributed by atoms with E-state index in [0.29, 0.717) is 6.04 Å². The summed E-state index contributed by atoms with van der Waals surface area (Å²) in [5, 5.41) is 3.46. The summed E-state index contributed by atoms with van der Waals surface area (Å²) < 4.78 is 5.70. The highest BCUT2D eigenvalue weighted by atomic mass is 16.5. The average Bonchev–Trinajstić information content (AvgIpc) is 2.18. The topological polar surface area (TPSA) is 21.3 Å². The Bertz CT molecular complexity index is 309. The van der Waals surface area contributed by atoms with E-state index < -0.39 is 0 Å². The zero-order valence-electron chi connectivity index (χ0n) is 8.13. The van der Waals surface area contributed by atoms with Gasteiger partial charge in [-0.15, -0.1) is 0 Å². The molecule has 70 valence electrons. The molecule has 0 saturated carbocycles. The molecule has 0 saturated heterocycles. The standard InChI is InChI=1S/C11H15NO/c1-3-9-7-13-11-8(2)5-4-6-10(11)12-9/h4-6,9,12H,3,7H2,1-2H3. The van der Waals surface area contributed by atoms with Crippen molar-refractivity contribution in [3.8, 4) is 5.75 Å². The Balaban J connectivity index is 2.31. The van der Waals surface area contributed by atoms with Gasteiger partial charge >= 0.3 is 0 Å². The van der Waals surface area contributed by atoms with Crippen LogP contribution >= 0.6 is 0 Å². The molecule has 1 aromatic carbocycles. The molecule has 0 fully saturated rings. The number of ether oxygens (including phenoxy) is 1. The van der Waals surface area contributed by atoms with Crippen molar-refractivity contribution in [2.75, 3.05) is 11.9 Å². The Kier molecular flexibility index (Phi) is 2.13. The number of fused-ring (bicyclic) bond motifs is 1. The predicted molar refractivity (Wildman–Crippen MR) is 54.4 cm³/mol. The third-order valence-electron chi connectivity index (χ3n) is 2.49. The first kappa shape index (κ1) is 8.42. The second-order valence-corrected chi connectivity index (χ2v) is 3.51. The maximum atomic E-state index is 5.70. The quantitative estimate of drug-likeness (QED) is 0.711. The molecule has 1 N–H and O–H groups in total. The Morgan fingerprint density at radius 1 is 1.54 bits per heavy atom. The lowest BCUT2D eigenvalue weighted by Crippen LogP contribution is -2.30. The van der Waals surface area contributed by atoms with Gasteiger partial charge in [0.1, 0.15) is 12.4 Å². The normalized spacial score (nSPS) is 20.0. The molecule has 13 heavy (non-hydrogen) atoms. The van der Waals surface area contributed by atoms with Crippen LogP contribution in [0, 0.1) is 6.92 Å². The summed E-state index contributed by atoms with van der Waals surface area (Å²) >= 11 is 0. The Morgan fingerprint density at radius 2 is 2.38 bits per heavy atom. The van der Waals surface area contributed by atoms with Crippen molar-refractivity contribution >= 4 is 5.69 Å². The lowest BCUT2D eigenvalue weighted by Gasteiger charge is -2.27. The first-order chi connectivity index (χ1) is 6.31. The van der Waals surface area contributed by atoms with E-state index in [0.717, 1.165) is 24.5 Å². The van der Waals surface area contributed by atoms with Crippen molar-refractivity contribution in [2.45, 2.75) is 26.3 Å². The molecule has 1 atom stereocenters. The van der Waals surface area contributed by atoms with Gasteiger partial charge in [-0.1, -0.05) is 19.1 Å². The smallest absolute Gasteiger partial charge is 0.145 e. The van der Waals surface area contributed by atoms with E-state index in [1.54, 1.807) is 0 Å². The summed E-state index contributed by atoms with van der Waals surface area (Å²) in [4.78, 5) is 0. The van der Waals surface area contributed by atoms with Crippen molar-refractivity contribution in [2.24, 2.45) is 0 Å². The van der Waals surface area contributed by atoms with Gasteiger partial charge in [-0.3, -0.25) is 0 Å². The van der Waals surface area contributed by atoms with Crippen LogP contribution in [-0.4, -0.2) is 12.6 Å². The fourth-order valence-electron chi connectivity index (χ4n) is 1.62. The van der Waals surface area contributed by atoms with Crippen molar-refractivity contribution in [1.29, 1.82) is 0 Å². The molecule has 2 nitrogen and oxygen atoms in total. The second-order valence-electron chi connectivity index (χ2n) is 3.51. The van der Waals surface area contributed by atoms with Crippen molar-refractivity contribution in [3.63, 3.8) is 0 Å². The number of para-hydroxylation sites is 1. The minimum atomic E-state index is 0.467. The highest BCUT2D eigenvalue weighted by molar-refractivity contribution is 5.61. The van der Waals surface area contributed by atoms with Crippen LogP contribution in [0.2, 0.25) is 0 Å². The second kappa shape index (κ2) is 3.29. The number of rotatable bonds is 1. The van der Waals surface area contributed by atoms with E-state index in [9.17, 15) is 0 Å². The van der Waals surface area contributed by atoms with Crippen LogP contribution in [0.4, 0.5) is 5.69 Å². The lowest BCUT2D eigenvalue weighted by atomic mass is 10.1. The molecule has 0 amide bonds. The van der Waals surface area contributed by atoms with Crippen molar-refractivity contribution < 1.29 is 4.74 Å². The van der Waals surface area contributed by atoms with E-state index in [4.69, 9.17) is 4.74 Å². The number of hydrogen-bond donors (Lipinski definition) is 1. The van der Waals surface area contributed by atoms with Crippen LogP contribution in [0.25, 0.3) is 0 Å². The maximum Gasteiger partial charge on any atom is 0.145 e. The fraction of sp³-hybridized carbons (Fsp3) is 0.455. The van der Waals surface area contributed by atoms with Crippen LogP contribution in [0.5, 0.6) is 5.75 Å². The average molecular weight is 177 g/mol. The molecule has 2 rings (SSSR count). The predicted octanol–water partition coefficient (Wildman–Crippen LogP) is 2.58. The van der Waals surface area contributed by atoms with E-state index in [1.807, 2.05) is 0 Å². The number of anilines is 1. The first-order valence-corrected chi connectivity index (χ1v) is 4.80. The molecule has 0 spiro atoms. The molecule has 0 aromatic heterocycles. The Labute approximate surface area is 78.9 Å². The SMILES string of the molecule is CCC1COc2c(C)cccc2N1. The molecule has 1 aromatic rings. The molecule has 0 radical (unpaired) electrons. The third kappa shape index (κ3) is 1.48. The van der Waals surface area contributed by atoms with Gasteiger partial charge in [0, 0.05) is 0 Å². The Morgan fingerprint density at radius 3 is 3.15 bits per heavy atom. The fourth-order valence-corrected chi connectivity index (χ4v) is 1.62. The molecule has 0 aliphatic carbocycles. The summed E-state index contributed by atoms with van der Waals surface area (Å²) in [7, 11) is 0. The molecular weight excluding hydrogens is 162 g/mol. The van der Waals surface area contributed by atoms with Crippen molar-refractivity contribution in [3.05, 3.63) is 23.8 Å². The molecule has 2 heteroatoms. The number of aryl methyl sites for hydroxylation is 1. The maximum absolute atomic E-state index is 5.70. The van der Waals surface area contributed by atoms with Crippen LogP contribution in [0.1, 0.15) is 18.9 Å². The van der Waals surface area contributed by atoms with Gasteiger partial charge in [0.25, 0.3) is 0 Å². The van der Waals surface area contributed by atoms with Crippen LogP contribution in [0.3, 0.4) is 0 Å². The zero-order chi connectivity index (χ0) is 9.26. The van der Waals surface area contributed by atoms with E-state index >= 15 is 0 Å². The number of nitrogens with one attached hydrogen (secondary N) is 1. The van der Waals surface area contributed by atoms with Gasteiger partial charge in [0.05, 0.1) is 11.7 Å². The van der Waals surface area contributed by atoms with Gasteiger partial charge in [0.2, 0.25) is 0 Å². The molecular formula is C11H15NO. The number of hydrogen-bond acceptors (Lipinski definition) is 2.